The van der Waals surface area contributed by atoms with Crippen LogP contribution in [-0.2, 0) is 0 Å². The molecule has 3 rings (SSSR count). The molecule has 2 aromatic heterocycles. The summed E-state index contributed by atoms with van der Waals surface area (Å²) in [4.78, 5) is 12.6. The fourth-order valence-electron chi connectivity index (χ4n) is 1.90. The molecular formula is C14H10N3O. The molecule has 4 heteroatoms. The number of aromatic nitrogens is 3. The number of hydrogen-bond acceptors (Lipinski definition) is 4. The minimum Gasteiger partial charge on any atom is -0.480 e. The number of fused-ring (bicyclic) bond motifs is 1. The van der Waals surface area contributed by atoms with E-state index in [0.29, 0.717) is 5.88 Å². The van der Waals surface area contributed by atoms with Crippen LogP contribution in [0, 0.1) is 6.20 Å². The Labute approximate surface area is 104 Å². The van der Waals surface area contributed by atoms with Crippen LogP contribution in [0.25, 0.3) is 22.0 Å². The molecule has 0 aliphatic heterocycles. The van der Waals surface area contributed by atoms with Crippen LogP contribution in [0.4, 0.5) is 0 Å². The molecule has 3 aromatic rings. The zero-order valence-electron chi connectivity index (χ0n) is 9.79. The van der Waals surface area contributed by atoms with E-state index in [1.807, 2.05) is 24.3 Å². The van der Waals surface area contributed by atoms with Gasteiger partial charge in [-0.3, -0.25) is 9.97 Å². The SMILES string of the molecule is COc1n[c]c2ccccc2c1-c1cnccn1. The largest absolute Gasteiger partial charge is 0.480 e. The molecule has 0 atom stereocenters. The number of rotatable bonds is 2. The lowest BCUT2D eigenvalue weighted by molar-refractivity contribution is 0.400. The van der Waals surface area contributed by atoms with Crippen LogP contribution < -0.4 is 4.74 Å². The van der Waals surface area contributed by atoms with E-state index in [1.165, 1.54) is 0 Å². The Bertz CT molecular complexity index is 683. The fourth-order valence-corrected chi connectivity index (χ4v) is 1.90. The van der Waals surface area contributed by atoms with Crippen LogP contribution in [-0.4, -0.2) is 22.1 Å². The van der Waals surface area contributed by atoms with E-state index >= 15 is 0 Å². The maximum atomic E-state index is 5.30. The molecule has 1 aromatic carbocycles. The highest BCUT2D eigenvalue weighted by Gasteiger charge is 2.13. The van der Waals surface area contributed by atoms with Crippen molar-refractivity contribution in [1.29, 1.82) is 0 Å². The maximum Gasteiger partial charge on any atom is 0.224 e. The standard InChI is InChI=1S/C14H10N3O/c1-18-14-13(12-9-15-6-7-16-12)11-5-3-2-4-10(11)8-17-14/h2-7,9H,1H3. The van der Waals surface area contributed by atoms with Crippen molar-refractivity contribution in [2.45, 2.75) is 0 Å². The fraction of sp³-hybridized carbons (Fsp3) is 0.0714. The van der Waals surface area contributed by atoms with Gasteiger partial charge in [-0.2, -0.15) is 0 Å². The van der Waals surface area contributed by atoms with Crippen LogP contribution in [0.15, 0.2) is 42.9 Å². The van der Waals surface area contributed by atoms with Gasteiger partial charge in [0.05, 0.1) is 24.6 Å². The monoisotopic (exact) mass is 236 g/mol. The zero-order chi connectivity index (χ0) is 12.4. The summed E-state index contributed by atoms with van der Waals surface area (Å²) in [5.41, 5.74) is 1.59. The molecule has 0 aliphatic carbocycles. The summed E-state index contributed by atoms with van der Waals surface area (Å²) >= 11 is 0. The quantitative estimate of drug-likeness (QED) is 0.686. The van der Waals surface area contributed by atoms with E-state index in [1.54, 1.807) is 25.7 Å². The Kier molecular flexibility index (Phi) is 2.61. The van der Waals surface area contributed by atoms with Crippen LogP contribution in [0.1, 0.15) is 0 Å². The average molecular weight is 236 g/mol. The van der Waals surface area contributed by atoms with Crippen LogP contribution in [0.3, 0.4) is 0 Å². The van der Waals surface area contributed by atoms with E-state index in [2.05, 4.69) is 21.1 Å². The van der Waals surface area contributed by atoms with Gasteiger partial charge in [0.15, 0.2) is 0 Å². The second-order valence-electron chi connectivity index (χ2n) is 3.74. The van der Waals surface area contributed by atoms with Crippen LogP contribution >= 0.6 is 0 Å². The first-order valence-electron chi connectivity index (χ1n) is 5.51. The summed E-state index contributed by atoms with van der Waals surface area (Å²) in [6, 6.07) is 7.88. The third-order valence-electron chi connectivity index (χ3n) is 2.70. The Hall–Kier alpha value is -2.49. The summed E-state index contributed by atoms with van der Waals surface area (Å²) in [6.07, 6.45) is 7.95. The normalized spacial score (nSPS) is 10.5. The minimum atomic E-state index is 0.509. The second kappa shape index (κ2) is 4.41. The number of methoxy groups -OCH3 is 1. The Morgan fingerprint density at radius 1 is 1.17 bits per heavy atom. The summed E-state index contributed by atoms with van der Waals surface area (Å²) in [6.45, 7) is 0. The number of nitrogens with zero attached hydrogens (tertiary/aromatic N) is 3. The van der Waals surface area contributed by atoms with Crippen molar-refractivity contribution in [2.75, 3.05) is 7.11 Å². The van der Waals surface area contributed by atoms with Gasteiger partial charge in [-0.15, -0.1) is 0 Å². The van der Waals surface area contributed by atoms with Crippen molar-refractivity contribution in [3.8, 4) is 17.1 Å². The van der Waals surface area contributed by atoms with Crippen LogP contribution in [0.2, 0.25) is 0 Å². The maximum absolute atomic E-state index is 5.30. The van der Waals surface area contributed by atoms with Crippen molar-refractivity contribution in [2.24, 2.45) is 0 Å². The molecular weight excluding hydrogens is 226 g/mol. The molecule has 0 bridgehead atoms. The van der Waals surface area contributed by atoms with E-state index in [0.717, 1.165) is 22.0 Å². The van der Waals surface area contributed by atoms with Crippen molar-refractivity contribution < 1.29 is 4.74 Å². The summed E-state index contributed by atoms with van der Waals surface area (Å²) in [7, 11) is 1.59. The van der Waals surface area contributed by atoms with Gasteiger partial charge < -0.3 is 4.74 Å². The first kappa shape index (κ1) is 10.7. The molecule has 0 saturated heterocycles. The molecule has 0 N–H and O–H groups in total. The Morgan fingerprint density at radius 3 is 2.83 bits per heavy atom. The minimum absolute atomic E-state index is 0.509. The van der Waals surface area contributed by atoms with Gasteiger partial charge in [-0.25, -0.2) is 4.98 Å². The molecule has 0 spiro atoms. The topological polar surface area (TPSA) is 47.9 Å². The third kappa shape index (κ3) is 1.68. The molecule has 18 heavy (non-hydrogen) atoms. The molecule has 0 unspecified atom stereocenters. The van der Waals surface area contributed by atoms with Gasteiger partial charge in [0.25, 0.3) is 0 Å². The molecule has 0 amide bonds. The van der Waals surface area contributed by atoms with Crippen LogP contribution in [0.5, 0.6) is 5.88 Å². The van der Waals surface area contributed by atoms with Crippen molar-refractivity contribution in [3.63, 3.8) is 0 Å². The molecule has 0 saturated carbocycles. The van der Waals surface area contributed by atoms with Gasteiger partial charge in [-0.1, -0.05) is 24.3 Å². The van der Waals surface area contributed by atoms with E-state index in [9.17, 15) is 0 Å². The van der Waals surface area contributed by atoms with Gasteiger partial charge in [-0.05, 0) is 5.39 Å². The van der Waals surface area contributed by atoms with Crippen molar-refractivity contribution in [3.05, 3.63) is 49.1 Å². The predicted octanol–water partition coefficient (Wildman–Crippen LogP) is 2.50. The lowest BCUT2D eigenvalue weighted by Gasteiger charge is -2.09. The highest BCUT2D eigenvalue weighted by Crippen LogP contribution is 2.33. The smallest absolute Gasteiger partial charge is 0.224 e. The molecule has 87 valence electrons. The Balaban J connectivity index is 2.38. The van der Waals surface area contributed by atoms with Crippen molar-refractivity contribution >= 4 is 10.8 Å². The number of pyridine rings is 1. The molecule has 4 nitrogen and oxygen atoms in total. The second-order valence-corrected chi connectivity index (χ2v) is 3.74. The van der Waals surface area contributed by atoms with Gasteiger partial charge in [0.2, 0.25) is 5.88 Å². The third-order valence-corrected chi connectivity index (χ3v) is 2.70. The van der Waals surface area contributed by atoms with Gasteiger partial charge in [0, 0.05) is 17.8 Å². The lowest BCUT2D eigenvalue weighted by Crippen LogP contribution is -1.95. The van der Waals surface area contributed by atoms with Gasteiger partial charge in [0.1, 0.15) is 6.20 Å². The van der Waals surface area contributed by atoms with Crippen molar-refractivity contribution in [1.82, 2.24) is 15.0 Å². The van der Waals surface area contributed by atoms with E-state index in [4.69, 9.17) is 4.74 Å². The lowest BCUT2D eigenvalue weighted by atomic mass is 10.1. The first-order valence-corrected chi connectivity index (χ1v) is 5.51. The molecule has 1 radical (unpaired) electrons. The predicted molar refractivity (Wildman–Crippen MR) is 68.2 cm³/mol. The van der Waals surface area contributed by atoms with E-state index in [-0.39, 0.29) is 0 Å². The Morgan fingerprint density at radius 2 is 2.06 bits per heavy atom. The first-order chi connectivity index (χ1) is 8.90. The average Bonchev–Trinajstić information content (AvgIpc) is 2.47. The van der Waals surface area contributed by atoms with Gasteiger partial charge >= 0.3 is 0 Å². The summed E-state index contributed by atoms with van der Waals surface area (Å²) in [5, 5.41) is 1.93. The zero-order valence-corrected chi connectivity index (χ0v) is 9.79. The number of hydrogen-bond donors (Lipinski definition) is 0. The summed E-state index contributed by atoms with van der Waals surface area (Å²) < 4.78 is 5.30. The summed E-state index contributed by atoms with van der Waals surface area (Å²) in [5.74, 6) is 0.509. The number of benzene rings is 1. The van der Waals surface area contributed by atoms with E-state index < -0.39 is 0 Å². The highest BCUT2D eigenvalue weighted by molar-refractivity contribution is 5.97. The number of ether oxygens (including phenoxy) is 1. The molecule has 0 aliphatic rings. The highest BCUT2D eigenvalue weighted by atomic mass is 16.5. The molecule has 2 heterocycles. The molecule has 0 fully saturated rings.